The predicted octanol–water partition coefficient (Wildman–Crippen LogP) is 3.62. The van der Waals surface area contributed by atoms with Gasteiger partial charge in [-0.05, 0) is 37.6 Å². The van der Waals surface area contributed by atoms with Crippen LogP contribution in [0.5, 0.6) is 5.75 Å². The van der Waals surface area contributed by atoms with Crippen LogP contribution in [0.4, 0.5) is 5.69 Å². The molecular formula is C20H18N2O3. The van der Waals surface area contributed by atoms with Crippen LogP contribution < -0.4 is 10.9 Å². The van der Waals surface area contributed by atoms with Crippen molar-refractivity contribution in [3.8, 4) is 16.9 Å². The van der Waals surface area contributed by atoms with Gasteiger partial charge in [-0.2, -0.15) is 0 Å². The smallest absolute Gasteiger partial charge is 0.259 e. The van der Waals surface area contributed by atoms with E-state index >= 15 is 0 Å². The van der Waals surface area contributed by atoms with E-state index in [0.717, 1.165) is 16.7 Å². The van der Waals surface area contributed by atoms with Crippen molar-refractivity contribution >= 4 is 11.6 Å². The van der Waals surface area contributed by atoms with Gasteiger partial charge in [-0.25, -0.2) is 0 Å². The van der Waals surface area contributed by atoms with E-state index in [2.05, 4.69) is 10.3 Å². The molecule has 126 valence electrons. The molecule has 5 nitrogen and oxygen atoms in total. The lowest BCUT2D eigenvalue weighted by Gasteiger charge is -2.09. The number of carbonyl (C=O) groups excluding carboxylic acids is 1. The zero-order valence-corrected chi connectivity index (χ0v) is 14.0. The molecule has 0 fully saturated rings. The lowest BCUT2D eigenvalue weighted by atomic mass is 10.0. The monoisotopic (exact) mass is 334 g/mol. The van der Waals surface area contributed by atoms with Crippen LogP contribution in [0.2, 0.25) is 0 Å². The lowest BCUT2D eigenvalue weighted by Crippen LogP contribution is -2.15. The molecule has 3 rings (SSSR count). The summed E-state index contributed by atoms with van der Waals surface area (Å²) in [6.45, 7) is 3.93. The maximum Gasteiger partial charge on any atom is 0.259 e. The van der Waals surface area contributed by atoms with Crippen LogP contribution in [0, 0.1) is 13.8 Å². The fraction of sp³-hybridized carbons (Fsp3) is 0.100. The number of para-hydroxylation sites is 1. The van der Waals surface area contributed by atoms with Crippen molar-refractivity contribution in [2.45, 2.75) is 13.8 Å². The number of aromatic nitrogens is 1. The molecular weight excluding hydrogens is 316 g/mol. The number of rotatable bonds is 3. The number of hydrogen-bond donors (Lipinski definition) is 3. The number of aromatic hydroxyl groups is 1. The first-order chi connectivity index (χ1) is 11.9. The molecule has 0 unspecified atom stereocenters. The van der Waals surface area contributed by atoms with E-state index in [0.29, 0.717) is 11.3 Å². The third-order valence-electron chi connectivity index (χ3n) is 3.84. The van der Waals surface area contributed by atoms with Crippen molar-refractivity contribution in [3.05, 3.63) is 81.8 Å². The van der Waals surface area contributed by atoms with Crippen molar-refractivity contribution in [2.75, 3.05) is 5.32 Å². The minimum Gasteiger partial charge on any atom is -0.507 e. The molecule has 0 spiro atoms. The van der Waals surface area contributed by atoms with Crippen LogP contribution in [0.1, 0.15) is 21.5 Å². The van der Waals surface area contributed by atoms with Gasteiger partial charge in [-0.1, -0.05) is 41.5 Å². The zero-order chi connectivity index (χ0) is 18.0. The Bertz CT molecular complexity index is 986. The van der Waals surface area contributed by atoms with Gasteiger partial charge in [0.1, 0.15) is 5.75 Å². The molecule has 1 aromatic heterocycles. The molecule has 3 aromatic rings. The predicted molar refractivity (Wildman–Crippen MR) is 98.0 cm³/mol. The highest BCUT2D eigenvalue weighted by Crippen LogP contribution is 2.22. The van der Waals surface area contributed by atoms with Crippen LogP contribution in [-0.4, -0.2) is 16.0 Å². The van der Waals surface area contributed by atoms with Crippen LogP contribution in [0.25, 0.3) is 11.1 Å². The number of anilines is 1. The average Bonchev–Trinajstić information content (AvgIpc) is 2.56. The van der Waals surface area contributed by atoms with Crippen LogP contribution in [0.3, 0.4) is 0 Å². The molecule has 0 aliphatic carbocycles. The summed E-state index contributed by atoms with van der Waals surface area (Å²) in [4.78, 5) is 27.2. The second kappa shape index (κ2) is 6.65. The van der Waals surface area contributed by atoms with Gasteiger partial charge in [0.15, 0.2) is 0 Å². The normalized spacial score (nSPS) is 10.5. The van der Waals surface area contributed by atoms with Crippen molar-refractivity contribution < 1.29 is 9.90 Å². The summed E-state index contributed by atoms with van der Waals surface area (Å²) in [6.07, 6.45) is 1.44. The number of amides is 1. The summed E-state index contributed by atoms with van der Waals surface area (Å²) in [5.74, 6) is -0.546. The molecule has 0 saturated heterocycles. The third kappa shape index (κ3) is 3.61. The quantitative estimate of drug-likeness (QED) is 0.684. The number of phenolic OH excluding ortho intramolecular Hbond substituents is 1. The number of carbonyl (C=O) groups is 1. The third-order valence-corrected chi connectivity index (χ3v) is 3.84. The van der Waals surface area contributed by atoms with Gasteiger partial charge in [-0.15, -0.1) is 0 Å². The van der Waals surface area contributed by atoms with Gasteiger partial charge in [0.2, 0.25) is 0 Å². The Morgan fingerprint density at radius 3 is 2.40 bits per heavy atom. The molecule has 0 aliphatic rings. The number of aryl methyl sites for hydroxylation is 2. The summed E-state index contributed by atoms with van der Waals surface area (Å²) in [5.41, 5.74) is 3.75. The van der Waals surface area contributed by atoms with Crippen LogP contribution in [0.15, 0.2) is 59.5 Å². The SMILES string of the molecule is Cc1cc(C)cc(-c2cc(NC(=O)c3ccccc3O)c[nH]c2=O)c1. The van der Waals surface area contributed by atoms with Crippen molar-refractivity contribution in [3.63, 3.8) is 0 Å². The van der Waals surface area contributed by atoms with Crippen molar-refractivity contribution in [1.29, 1.82) is 0 Å². The van der Waals surface area contributed by atoms with Gasteiger partial charge >= 0.3 is 0 Å². The Morgan fingerprint density at radius 1 is 1.04 bits per heavy atom. The van der Waals surface area contributed by atoms with Gasteiger partial charge < -0.3 is 15.4 Å². The van der Waals surface area contributed by atoms with E-state index in [9.17, 15) is 14.7 Å². The Hall–Kier alpha value is -3.34. The van der Waals surface area contributed by atoms with E-state index in [1.807, 2.05) is 32.0 Å². The van der Waals surface area contributed by atoms with Gasteiger partial charge in [0.05, 0.1) is 11.3 Å². The molecule has 2 aromatic carbocycles. The number of hydrogen-bond acceptors (Lipinski definition) is 3. The molecule has 1 amide bonds. The van der Waals surface area contributed by atoms with Crippen LogP contribution in [-0.2, 0) is 0 Å². The second-order valence-corrected chi connectivity index (χ2v) is 5.98. The number of H-pyrrole nitrogens is 1. The fourth-order valence-corrected chi connectivity index (χ4v) is 2.76. The minimum atomic E-state index is -0.448. The topological polar surface area (TPSA) is 82.2 Å². The Balaban J connectivity index is 1.96. The highest BCUT2D eigenvalue weighted by Gasteiger charge is 2.12. The van der Waals surface area contributed by atoms with Crippen molar-refractivity contribution in [2.24, 2.45) is 0 Å². The summed E-state index contributed by atoms with van der Waals surface area (Å²) in [6, 6.07) is 13.8. The molecule has 5 heteroatoms. The molecule has 25 heavy (non-hydrogen) atoms. The average molecular weight is 334 g/mol. The van der Waals surface area contributed by atoms with Crippen LogP contribution >= 0.6 is 0 Å². The maximum atomic E-state index is 12.3. The molecule has 0 atom stereocenters. The first-order valence-corrected chi connectivity index (χ1v) is 7.85. The number of aromatic amines is 1. The van der Waals surface area contributed by atoms with Crippen molar-refractivity contribution in [1.82, 2.24) is 4.98 Å². The first kappa shape index (κ1) is 16.5. The molecule has 0 radical (unpaired) electrons. The Labute approximate surface area is 145 Å². The Kier molecular flexibility index (Phi) is 4.39. The molecule has 0 saturated carbocycles. The standard InChI is InChI=1S/C20H18N2O3/c1-12-7-13(2)9-14(8-12)17-10-15(11-21-19(17)24)22-20(25)16-5-3-4-6-18(16)23/h3-11,23H,1-2H3,(H,21,24)(H,22,25). The molecule has 1 heterocycles. The lowest BCUT2D eigenvalue weighted by molar-refractivity contribution is 0.102. The number of benzene rings is 2. The summed E-state index contributed by atoms with van der Waals surface area (Å²) >= 11 is 0. The second-order valence-electron chi connectivity index (χ2n) is 5.98. The maximum absolute atomic E-state index is 12.3. The molecule has 0 bridgehead atoms. The summed E-state index contributed by atoms with van der Waals surface area (Å²) in [7, 11) is 0. The van der Waals surface area contributed by atoms with E-state index < -0.39 is 5.91 Å². The number of phenols is 1. The van der Waals surface area contributed by atoms with Gasteiger partial charge in [0, 0.05) is 11.8 Å². The van der Waals surface area contributed by atoms with E-state index in [1.165, 1.54) is 18.3 Å². The fourth-order valence-electron chi connectivity index (χ4n) is 2.76. The highest BCUT2D eigenvalue weighted by atomic mass is 16.3. The Morgan fingerprint density at radius 2 is 1.72 bits per heavy atom. The first-order valence-electron chi connectivity index (χ1n) is 7.85. The highest BCUT2D eigenvalue weighted by molar-refractivity contribution is 6.06. The number of nitrogens with one attached hydrogen (secondary N) is 2. The van der Waals surface area contributed by atoms with Gasteiger partial charge in [-0.3, -0.25) is 9.59 Å². The summed E-state index contributed by atoms with van der Waals surface area (Å²) in [5, 5.41) is 12.5. The molecule has 3 N–H and O–H groups in total. The van der Waals surface area contributed by atoms with E-state index in [4.69, 9.17) is 0 Å². The summed E-state index contributed by atoms with van der Waals surface area (Å²) < 4.78 is 0. The largest absolute Gasteiger partial charge is 0.507 e. The van der Waals surface area contributed by atoms with Gasteiger partial charge in [0.25, 0.3) is 11.5 Å². The minimum absolute atomic E-state index is 0.0982. The molecule has 0 aliphatic heterocycles. The zero-order valence-electron chi connectivity index (χ0n) is 14.0. The van der Waals surface area contributed by atoms with E-state index in [1.54, 1.807) is 18.2 Å². The van der Waals surface area contributed by atoms with E-state index in [-0.39, 0.29) is 16.9 Å². The number of pyridine rings is 1.